The molecule has 0 radical (unpaired) electrons. The lowest BCUT2D eigenvalue weighted by Gasteiger charge is -1.96. The number of hydrogen-bond acceptors (Lipinski definition) is 1. The molecule has 0 aromatic carbocycles. The molecular formula is C4H6Cl2O2. The van der Waals surface area contributed by atoms with E-state index in [9.17, 15) is 4.79 Å². The van der Waals surface area contributed by atoms with Crippen LogP contribution in [0.2, 0.25) is 0 Å². The van der Waals surface area contributed by atoms with Crippen LogP contribution in [0.5, 0.6) is 0 Å². The Kier molecular flexibility index (Phi) is 4.01. The van der Waals surface area contributed by atoms with Gasteiger partial charge in [0.2, 0.25) is 0 Å². The highest BCUT2D eigenvalue weighted by atomic mass is 35.5. The minimum Gasteiger partial charge on any atom is -0.481 e. The summed E-state index contributed by atoms with van der Waals surface area (Å²) in [6.45, 7) is 0. The lowest BCUT2D eigenvalue weighted by Crippen LogP contribution is -2.07. The normalized spacial score (nSPS) is 13.2. The summed E-state index contributed by atoms with van der Waals surface area (Å²) < 4.78 is 0. The van der Waals surface area contributed by atoms with Gasteiger partial charge in [0.1, 0.15) is 0 Å². The van der Waals surface area contributed by atoms with E-state index in [-0.39, 0.29) is 12.3 Å². The molecule has 8 heavy (non-hydrogen) atoms. The quantitative estimate of drug-likeness (QED) is 0.627. The second kappa shape index (κ2) is 3.98. The number of hydrogen-bond donors (Lipinski definition) is 1. The molecule has 0 heterocycles. The third-order valence-electron chi connectivity index (χ3n) is 0.564. The Morgan fingerprint density at radius 3 is 2.38 bits per heavy atom. The maximum Gasteiger partial charge on any atom is 0.304 e. The molecule has 0 aromatic heterocycles. The minimum atomic E-state index is -0.911. The first kappa shape index (κ1) is 8.05. The van der Waals surface area contributed by atoms with Gasteiger partial charge in [-0.1, -0.05) is 0 Å². The van der Waals surface area contributed by atoms with Crippen LogP contribution in [0.3, 0.4) is 0 Å². The highest BCUT2D eigenvalue weighted by molar-refractivity contribution is 6.28. The summed E-state index contributed by atoms with van der Waals surface area (Å²) in [5.74, 6) is -0.723. The predicted octanol–water partition coefficient (Wildman–Crippen LogP) is 1.31. The highest BCUT2D eigenvalue weighted by Crippen LogP contribution is 2.02. The van der Waals surface area contributed by atoms with Gasteiger partial charge in [0.15, 0.2) is 0 Å². The van der Waals surface area contributed by atoms with Crippen LogP contribution in [-0.4, -0.2) is 22.3 Å². The second-order valence-electron chi connectivity index (χ2n) is 1.35. The van der Waals surface area contributed by atoms with Crippen molar-refractivity contribution in [2.75, 3.05) is 5.88 Å². The molecule has 0 saturated heterocycles. The molecule has 0 amide bonds. The average molecular weight is 157 g/mol. The predicted molar refractivity (Wildman–Crippen MR) is 32.6 cm³/mol. The Balaban J connectivity index is 3.24. The first-order chi connectivity index (χ1) is 3.66. The van der Waals surface area contributed by atoms with Crippen molar-refractivity contribution in [2.45, 2.75) is 11.8 Å². The molecule has 1 atom stereocenters. The third kappa shape index (κ3) is 4.22. The van der Waals surface area contributed by atoms with Gasteiger partial charge >= 0.3 is 5.97 Å². The summed E-state index contributed by atoms with van der Waals surface area (Å²) in [6, 6.07) is 0. The van der Waals surface area contributed by atoms with Crippen molar-refractivity contribution in [3.05, 3.63) is 0 Å². The van der Waals surface area contributed by atoms with Crippen LogP contribution in [0.1, 0.15) is 6.42 Å². The number of carboxylic acid groups (broad SMARTS) is 1. The zero-order valence-electron chi connectivity index (χ0n) is 4.10. The van der Waals surface area contributed by atoms with Crippen LogP contribution >= 0.6 is 23.2 Å². The van der Waals surface area contributed by atoms with Crippen molar-refractivity contribution in [3.8, 4) is 0 Å². The number of halogens is 2. The standard InChI is InChI=1S/C4H6Cl2O2/c5-2-3(6)1-4(7)8/h3H,1-2H2,(H,7,8)/t3-/m1/s1. The molecule has 0 fully saturated rings. The van der Waals surface area contributed by atoms with Crippen LogP contribution in [0.4, 0.5) is 0 Å². The van der Waals surface area contributed by atoms with Crippen LogP contribution in [-0.2, 0) is 4.79 Å². The van der Waals surface area contributed by atoms with Crippen LogP contribution in [0.25, 0.3) is 0 Å². The lowest BCUT2D eigenvalue weighted by atomic mass is 10.3. The first-order valence-electron chi connectivity index (χ1n) is 2.08. The van der Waals surface area contributed by atoms with Gasteiger partial charge in [-0.05, 0) is 0 Å². The third-order valence-corrected chi connectivity index (χ3v) is 1.40. The SMILES string of the molecule is O=C(O)C[C@@H](Cl)CCl. The molecule has 0 aliphatic carbocycles. The van der Waals surface area contributed by atoms with E-state index in [2.05, 4.69) is 0 Å². The maximum atomic E-state index is 9.83. The van der Waals surface area contributed by atoms with E-state index in [1.54, 1.807) is 0 Å². The van der Waals surface area contributed by atoms with Crippen molar-refractivity contribution in [3.63, 3.8) is 0 Å². The zero-order chi connectivity index (χ0) is 6.57. The molecule has 0 aliphatic rings. The molecule has 0 bridgehead atoms. The Hall–Kier alpha value is 0.0500. The smallest absolute Gasteiger partial charge is 0.304 e. The van der Waals surface area contributed by atoms with Crippen molar-refractivity contribution < 1.29 is 9.90 Å². The number of alkyl halides is 2. The van der Waals surface area contributed by atoms with Gasteiger partial charge in [-0.3, -0.25) is 4.79 Å². The molecule has 4 heteroatoms. The summed E-state index contributed by atoms with van der Waals surface area (Å²) in [5, 5.41) is 7.64. The molecule has 0 aliphatic heterocycles. The van der Waals surface area contributed by atoms with Gasteiger partial charge in [0, 0.05) is 5.88 Å². The highest BCUT2D eigenvalue weighted by Gasteiger charge is 2.06. The Morgan fingerprint density at radius 2 is 2.25 bits per heavy atom. The van der Waals surface area contributed by atoms with E-state index in [0.29, 0.717) is 0 Å². The van der Waals surface area contributed by atoms with E-state index in [1.165, 1.54) is 0 Å². The summed E-state index contributed by atoms with van der Waals surface area (Å²) in [4.78, 5) is 9.83. The molecular weight excluding hydrogens is 151 g/mol. The number of carbonyl (C=O) groups is 1. The minimum absolute atomic E-state index is 0.0644. The molecule has 0 rings (SSSR count). The van der Waals surface area contributed by atoms with Gasteiger partial charge in [-0.25, -0.2) is 0 Å². The van der Waals surface area contributed by atoms with E-state index in [0.717, 1.165) is 0 Å². The van der Waals surface area contributed by atoms with E-state index in [4.69, 9.17) is 28.3 Å². The molecule has 0 unspecified atom stereocenters. The maximum absolute atomic E-state index is 9.83. The number of rotatable bonds is 3. The van der Waals surface area contributed by atoms with E-state index >= 15 is 0 Å². The monoisotopic (exact) mass is 156 g/mol. The fraction of sp³-hybridized carbons (Fsp3) is 0.750. The fourth-order valence-electron chi connectivity index (χ4n) is 0.244. The number of carboxylic acids is 1. The Morgan fingerprint density at radius 1 is 1.75 bits per heavy atom. The zero-order valence-corrected chi connectivity index (χ0v) is 5.61. The molecule has 0 spiro atoms. The van der Waals surface area contributed by atoms with Gasteiger partial charge in [0.25, 0.3) is 0 Å². The van der Waals surface area contributed by atoms with Crippen LogP contribution in [0.15, 0.2) is 0 Å². The number of aliphatic carboxylic acids is 1. The van der Waals surface area contributed by atoms with Gasteiger partial charge in [0.05, 0.1) is 11.8 Å². The summed E-state index contributed by atoms with van der Waals surface area (Å²) in [6.07, 6.45) is -0.0644. The van der Waals surface area contributed by atoms with Crippen molar-refractivity contribution in [1.29, 1.82) is 0 Å². The summed E-state index contributed by atoms with van der Waals surface area (Å²) >= 11 is 10.5. The van der Waals surface area contributed by atoms with Crippen molar-refractivity contribution >= 4 is 29.2 Å². The Labute approximate surface area is 57.4 Å². The van der Waals surface area contributed by atoms with Gasteiger partial charge in [-0.15, -0.1) is 23.2 Å². The van der Waals surface area contributed by atoms with E-state index < -0.39 is 11.3 Å². The lowest BCUT2D eigenvalue weighted by molar-refractivity contribution is -0.136. The average Bonchev–Trinajstić information content (AvgIpc) is 1.65. The summed E-state index contributed by atoms with van der Waals surface area (Å²) in [7, 11) is 0. The second-order valence-corrected chi connectivity index (χ2v) is 2.28. The van der Waals surface area contributed by atoms with E-state index in [1.807, 2.05) is 0 Å². The molecule has 0 saturated carbocycles. The topological polar surface area (TPSA) is 37.3 Å². The van der Waals surface area contributed by atoms with Crippen molar-refractivity contribution in [2.24, 2.45) is 0 Å². The Bertz CT molecular complexity index is 84.1. The van der Waals surface area contributed by atoms with Crippen molar-refractivity contribution in [1.82, 2.24) is 0 Å². The molecule has 0 aromatic rings. The molecule has 48 valence electrons. The van der Waals surface area contributed by atoms with Crippen LogP contribution < -0.4 is 0 Å². The molecule has 1 N–H and O–H groups in total. The van der Waals surface area contributed by atoms with Gasteiger partial charge < -0.3 is 5.11 Å². The molecule has 2 nitrogen and oxygen atoms in total. The summed E-state index contributed by atoms with van der Waals surface area (Å²) in [5.41, 5.74) is 0. The largest absolute Gasteiger partial charge is 0.481 e. The fourth-order valence-corrected chi connectivity index (χ4v) is 0.485. The van der Waals surface area contributed by atoms with Crippen LogP contribution in [0, 0.1) is 0 Å². The van der Waals surface area contributed by atoms with Gasteiger partial charge in [-0.2, -0.15) is 0 Å². The first-order valence-corrected chi connectivity index (χ1v) is 3.05.